The van der Waals surface area contributed by atoms with Gasteiger partial charge in [-0.3, -0.25) is 9.59 Å². The van der Waals surface area contributed by atoms with Gasteiger partial charge in [-0.15, -0.1) is 0 Å². The van der Waals surface area contributed by atoms with Crippen LogP contribution in [0.3, 0.4) is 0 Å². The summed E-state index contributed by atoms with van der Waals surface area (Å²) in [4.78, 5) is 29.1. The Labute approximate surface area is 132 Å². The minimum absolute atomic E-state index is 0.0103. The van der Waals surface area contributed by atoms with Crippen LogP contribution in [0.25, 0.3) is 0 Å². The predicted octanol–water partition coefficient (Wildman–Crippen LogP) is 3.50. The maximum absolute atomic E-state index is 12.5. The quantitative estimate of drug-likeness (QED) is 0.613. The maximum atomic E-state index is 12.5. The van der Waals surface area contributed by atoms with E-state index in [4.69, 9.17) is 4.42 Å². The Balaban J connectivity index is 1.75. The zero-order valence-electron chi connectivity index (χ0n) is 12.3. The Morgan fingerprint density at radius 3 is 2.43 bits per heavy atom. The second-order valence-corrected chi connectivity index (χ2v) is 5.40. The number of nitrogens with zero attached hydrogens (tertiary/aromatic N) is 1. The van der Waals surface area contributed by atoms with Crippen LogP contribution >= 0.6 is 0 Å². The van der Waals surface area contributed by atoms with Crippen LogP contribution in [0.15, 0.2) is 52.9 Å². The topological polar surface area (TPSA) is 72.2 Å². The van der Waals surface area contributed by atoms with Crippen molar-refractivity contribution in [3.63, 3.8) is 0 Å². The van der Waals surface area contributed by atoms with Crippen molar-refractivity contribution in [2.45, 2.75) is 6.92 Å². The highest BCUT2D eigenvalue weighted by Gasteiger charge is 2.35. The van der Waals surface area contributed by atoms with Gasteiger partial charge >= 0.3 is 6.01 Å². The molecule has 5 nitrogen and oxygen atoms in total. The molecule has 4 rings (SSSR count). The van der Waals surface area contributed by atoms with Crippen LogP contribution in [0.5, 0.6) is 0 Å². The number of carbonyl (C=O) groups excluding carboxylic acids is 2. The van der Waals surface area contributed by atoms with Gasteiger partial charge in [-0.25, -0.2) is 0 Å². The van der Waals surface area contributed by atoms with Gasteiger partial charge in [0.2, 0.25) is 17.3 Å². The Hall–Kier alpha value is -3.21. The summed E-state index contributed by atoms with van der Waals surface area (Å²) in [5, 5.41) is 2.99. The molecule has 0 atom stereocenters. The van der Waals surface area contributed by atoms with E-state index < -0.39 is 0 Å². The Morgan fingerprint density at radius 1 is 0.957 bits per heavy atom. The number of rotatable bonds is 2. The summed E-state index contributed by atoms with van der Waals surface area (Å²) in [6, 6.07) is 14.5. The van der Waals surface area contributed by atoms with Crippen molar-refractivity contribution in [2.24, 2.45) is 0 Å². The van der Waals surface area contributed by atoms with Crippen LogP contribution in [-0.2, 0) is 0 Å². The SMILES string of the molecule is Cc1cccc(Nc2nc3c(o2)C(=O)c2ccccc2C3=O)c1. The third-order valence-electron chi connectivity index (χ3n) is 3.73. The summed E-state index contributed by atoms with van der Waals surface area (Å²) in [6.07, 6.45) is 0. The number of nitrogens with one attached hydrogen (secondary N) is 1. The Morgan fingerprint density at radius 2 is 1.70 bits per heavy atom. The molecule has 0 radical (unpaired) electrons. The lowest BCUT2D eigenvalue weighted by Gasteiger charge is -2.10. The van der Waals surface area contributed by atoms with Crippen LogP contribution in [0.4, 0.5) is 11.7 Å². The second-order valence-electron chi connectivity index (χ2n) is 5.40. The fourth-order valence-corrected chi connectivity index (χ4v) is 2.66. The zero-order valence-corrected chi connectivity index (χ0v) is 12.3. The van der Waals surface area contributed by atoms with Crippen molar-refractivity contribution in [3.05, 3.63) is 76.7 Å². The number of ketones is 2. The number of aryl methyl sites for hydroxylation is 1. The van der Waals surface area contributed by atoms with Gasteiger partial charge in [-0.1, -0.05) is 36.4 Å². The van der Waals surface area contributed by atoms with Gasteiger partial charge in [0.25, 0.3) is 0 Å². The predicted molar refractivity (Wildman–Crippen MR) is 84.3 cm³/mol. The molecule has 2 aromatic carbocycles. The Bertz CT molecular complexity index is 904. The first-order valence-electron chi connectivity index (χ1n) is 7.16. The van der Waals surface area contributed by atoms with Gasteiger partial charge in [-0.2, -0.15) is 4.98 Å². The van der Waals surface area contributed by atoms with E-state index in [0.29, 0.717) is 11.1 Å². The number of fused-ring (bicyclic) bond motifs is 2. The van der Waals surface area contributed by atoms with E-state index in [2.05, 4.69) is 10.3 Å². The molecule has 5 heteroatoms. The van der Waals surface area contributed by atoms with Gasteiger partial charge < -0.3 is 9.73 Å². The van der Waals surface area contributed by atoms with E-state index in [1.54, 1.807) is 24.3 Å². The first kappa shape index (κ1) is 13.5. The van der Waals surface area contributed by atoms with E-state index in [9.17, 15) is 9.59 Å². The molecule has 0 saturated carbocycles. The Kier molecular flexibility index (Phi) is 2.87. The van der Waals surface area contributed by atoms with Gasteiger partial charge in [0, 0.05) is 16.8 Å². The molecule has 0 bridgehead atoms. The summed E-state index contributed by atoms with van der Waals surface area (Å²) in [5.41, 5.74) is 2.62. The number of hydrogen-bond donors (Lipinski definition) is 1. The molecular formula is C18H12N2O3. The lowest BCUT2D eigenvalue weighted by molar-refractivity contribution is 0.0959. The van der Waals surface area contributed by atoms with E-state index in [0.717, 1.165) is 11.3 Å². The van der Waals surface area contributed by atoms with Crippen molar-refractivity contribution in [3.8, 4) is 0 Å². The molecule has 0 saturated heterocycles. The van der Waals surface area contributed by atoms with Gasteiger partial charge in [0.05, 0.1) is 0 Å². The lowest BCUT2D eigenvalue weighted by Crippen LogP contribution is -2.19. The van der Waals surface area contributed by atoms with Crippen LogP contribution in [0, 0.1) is 6.92 Å². The highest BCUT2D eigenvalue weighted by molar-refractivity contribution is 6.26. The number of oxazole rings is 1. The smallest absolute Gasteiger partial charge is 0.300 e. The number of aromatic nitrogens is 1. The summed E-state index contributed by atoms with van der Waals surface area (Å²) in [5.74, 6) is -0.625. The van der Waals surface area contributed by atoms with E-state index in [-0.39, 0.29) is 29.0 Å². The molecule has 1 aliphatic rings. The number of hydrogen-bond acceptors (Lipinski definition) is 5. The van der Waals surface area contributed by atoms with Crippen molar-refractivity contribution < 1.29 is 14.0 Å². The van der Waals surface area contributed by atoms with Gasteiger partial charge in [0.1, 0.15) is 0 Å². The standard InChI is InChI=1S/C18H12N2O3/c1-10-5-4-6-11(9-10)19-18-20-14-15(21)12-7-2-3-8-13(12)16(22)17(14)23-18/h2-9H,1H3,(H,19,20). The molecule has 1 aliphatic carbocycles. The molecule has 1 N–H and O–H groups in total. The molecule has 23 heavy (non-hydrogen) atoms. The summed E-state index contributed by atoms with van der Waals surface area (Å²) < 4.78 is 5.50. The third-order valence-corrected chi connectivity index (χ3v) is 3.73. The number of anilines is 2. The molecule has 0 spiro atoms. The van der Waals surface area contributed by atoms with Gasteiger partial charge in [-0.05, 0) is 24.6 Å². The minimum atomic E-state index is -0.319. The normalized spacial score (nSPS) is 12.7. The van der Waals surface area contributed by atoms with Crippen molar-refractivity contribution in [1.82, 2.24) is 4.98 Å². The molecule has 0 unspecified atom stereocenters. The summed E-state index contributed by atoms with van der Waals surface area (Å²) in [6.45, 7) is 1.97. The van der Waals surface area contributed by atoms with E-state index in [1.807, 2.05) is 31.2 Å². The molecule has 0 aliphatic heterocycles. The number of benzene rings is 2. The van der Waals surface area contributed by atoms with E-state index in [1.165, 1.54) is 0 Å². The van der Waals surface area contributed by atoms with Crippen molar-refractivity contribution in [2.75, 3.05) is 5.32 Å². The summed E-state index contributed by atoms with van der Waals surface area (Å²) in [7, 11) is 0. The van der Waals surface area contributed by atoms with Gasteiger partial charge in [0.15, 0.2) is 5.69 Å². The first-order chi connectivity index (χ1) is 11.1. The fourth-order valence-electron chi connectivity index (χ4n) is 2.66. The third kappa shape index (κ3) is 2.14. The van der Waals surface area contributed by atoms with Crippen LogP contribution in [0.1, 0.15) is 37.7 Å². The highest BCUT2D eigenvalue weighted by Crippen LogP contribution is 2.30. The van der Waals surface area contributed by atoms with Crippen molar-refractivity contribution in [1.29, 1.82) is 0 Å². The van der Waals surface area contributed by atoms with E-state index >= 15 is 0 Å². The summed E-state index contributed by atoms with van der Waals surface area (Å²) >= 11 is 0. The monoisotopic (exact) mass is 304 g/mol. The molecule has 112 valence electrons. The zero-order chi connectivity index (χ0) is 16.0. The average molecular weight is 304 g/mol. The number of carbonyl (C=O) groups is 2. The highest BCUT2D eigenvalue weighted by atomic mass is 16.4. The van der Waals surface area contributed by atoms with Crippen molar-refractivity contribution >= 4 is 23.3 Å². The molecule has 1 aromatic heterocycles. The lowest BCUT2D eigenvalue weighted by atomic mass is 9.91. The average Bonchev–Trinajstić information content (AvgIpc) is 2.97. The second kappa shape index (κ2) is 4.91. The minimum Gasteiger partial charge on any atom is -0.419 e. The largest absolute Gasteiger partial charge is 0.419 e. The molecule has 0 amide bonds. The van der Waals surface area contributed by atoms with Crippen LogP contribution in [-0.4, -0.2) is 16.6 Å². The maximum Gasteiger partial charge on any atom is 0.300 e. The van der Waals surface area contributed by atoms with Crippen LogP contribution in [0.2, 0.25) is 0 Å². The fraction of sp³-hybridized carbons (Fsp3) is 0.0556. The molecule has 1 heterocycles. The molecule has 0 fully saturated rings. The molecular weight excluding hydrogens is 292 g/mol. The molecule has 3 aromatic rings. The first-order valence-corrected chi connectivity index (χ1v) is 7.16. The van der Waals surface area contributed by atoms with Crippen LogP contribution < -0.4 is 5.32 Å².